The molecule has 0 saturated carbocycles. The molecule has 14 N–H and O–H groups in total. The van der Waals surface area contributed by atoms with Crippen molar-refractivity contribution < 1.29 is 78.0 Å². The van der Waals surface area contributed by atoms with Crippen molar-refractivity contribution >= 4 is 71.1 Å². The number of amides is 9. The highest BCUT2D eigenvalue weighted by Gasteiger charge is 2.37. The third kappa shape index (κ3) is 25.1. The lowest BCUT2D eigenvalue weighted by atomic mass is 9.98. The fourth-order valence-corrected chi connectivity index (χ4v) is 7.91. The Hall–Kier alpha value is -6.44. The summed E-state index contributed by atoms with van der Waals surface area (Å²) < 4.78 is 0. The molecule has 75 heavy (non-hydrogen) atoms. The lowest BCUT2D eigenvalue weighted by molar-refractivity contribution is -0.144. The summed E-state index contributed by atoms with van der Waals surface area (Å²) in [6.07, 6.45) is -2.29. The topological polar surface area (TPSA) is 406 Å². The lowest BCUT2D eigenvalue weighted by Crippen LogP contribution is -2.61. The van der Waals surface area contributed by atoms with Gasteiger partial charge in [0.1, 0.15) is 48.3 Å². The van der Waals surface area contributed by atoms with Crippen molar-refractivity contribution in [3.8, 4) is 0 Å². The van der Waals surface area contributed by atoms with Crippen molar-refractivity contribution in [3.05, 3.63) is 0 Å². The first-order chi connectivity index (χ1) is 34.8. The fourth-order valence-electron chi connectivity index (χ4n) is 7.91. The first-order valence-corrected chi connectivity index (χ1v) is 25.6. The van der Waals surface area contributed by atoms with E-state index in [0.29, 0.717) is 19.4 Å². The third-order valence-electron chi connectivity index (χ3n) is 11.9. The average Bonchev–Trinajstić information content (AvgIpc) is 3.84. The largest absolute Gasteiger partial charge is 0.481 e. The van der Waals surface area contributed by atoms with Crippen LogP contribution >= 0.6 is 0 Å². The fraction of sp³-hybridized carbons (Fsp3) is 0.755. The minimum atomic E-state index is -1.74. The van der Waals surface area contributed by atoms with Gasteiger partial charge in [-0.15, -0.1) is 0 Å². The van der Waals surface area contributed by atoms with Gasteiger partial charge >= 0.3 is 17.9 Å². The Morgan fingerprint density at radius 1 is 0.467 bits per heavy atom. The van der Waals surface area contributed by atoms with Gasteiger partial charge in [0.2, 0.25) is 53.2 Å². The van der Waals surface area contributed by atoms with Crippen LogP contribution < -0.4 is 53.2 Å². The van der Waals surface area contributed by atoms with E-state index in [0.717, 1.165) is 13.3 Å². The van der Waals surface area contributed by atoms with Crippen LogP contribution in [-0.4, -0.2) is 165 Å². The van der Waals surface area contributed by atoms with Crippen LogP contribution in [0.1, 0.15) is 134 Å². The van der Waals surface area contributed by atoms with Gasteiger partial charge in [0, 0.05) is 12.8 Å². The van der Waals surface area contributed by atoms with Crippen molar-refractivity contribution in [1.82, 2.24) is 53.2 Å². The quantitative estimate of drug-likeness (QED) is 0.0344. The maximum absolute atomic E-state index is 13.9. The molecule has 1 aliphatic rings. The van der Waals surface area contributed by atoms with Crippen LogP contribution in [0.15, 0.2) is 0 Å². The van der Waals surface area contributed by atoms with Crippen molar-refractivity contribution in [3.63, 3.8) is 0 Å². The Bertz CT molecular complexity index is 1990. The molecule has 10 atom stereocenters. The molecule has 0 aromatic carbocycles. The smallest absolute Gasteiger partial charge is 0.326 e. The molecule has 0 radical (unpaired) electrons. The molecule has 0 spiro atoms. The number of aliphatic carboxylic acids is 3. The highest BCUT2D eigenvalue weighted by Crippen LogP contribution is 2.14. The van der Waals surface area contributed by atoms with Crippen LogP contribution in [0, 0.1) is 29.6 Å². The normalized spacial score (nSPS) is 17.0. The van der Waals surface area contributed by atoms with E-state index in [2.05, 4.69) is 53.2 Å². The molecule has 0 aromatic heterocycles. The summed E-state index contributed by atoms with van der Waals surface area (Å²) in [7, 11) is 0. The summed E-state index contributed by atoms with van der Waals surface area (Å²) >= 11 is 0. The van der Waals surface area contributed by atoms with E-state index in [-0.39, 0.29) is 36.5 Å². The van der Waals surface area contributed by atoms with Gasteiger partial charge < -0.3 is 73.6 Å². The molecule has 26 nitrogen and oxygen atoms in total. The molecule has 1 saturated heterocycles. The van der Waals surface area contributed by atoms with E-state index in [1.54, 1.807) is 41.5 Å². The molecule has 0 aliphatic carbocycles. The van der Waals surface area contributed by atoms with Crippen LogP contribution in [0.5, 0.6) is 0 Å². The van der Waals surface area contributed by atoms with E-state index in [9.17, 15) is 78.0 Å². The molecule has 9 amide bonds. The van der Waals surface area contributed by atoms with Gasteiger partial charge in [-0.3, -0.25) is 52.7 Å². The number of hydrogen-bond acceptors (Lipinski definition) is 14. The summed E-state index contributed by atoms with van der Waals surface area (Å²) in [6.45, 7) is 18.2. The molecule has 0 unspecified atom stereocenters. The highest BCUT2D eigenvalue weighted by atomic mass is 16.4. The summed E-state index contributed by atoms with van der Waals surface area (Å²) in [5.41, 5.74) is 0. The summed E-state index contributed by atoms with van der Waals surface area (Å²) in [4.78, 5) is 156. The predicted octanol–water partition coefficient (Wildman–Crippen LogP) is -1.62. The zero-order valence-corrected chi connectivity index (χ0v) is 45.1. The van der Waals surface area contributed by atoms with Gasteiger partial charge in [0.05, 0.1) is 18.7 Å². The number of hydrogen-bond donors (Lipinski definition) is 14. The molecule has 1 aliphatic heterocycles. The Kier molecular flexibility index (Phi) is 29.1. The maximum Gasteiger partial charge on any atom is 0.326 e. The second-order valence-electron chi connectivity index (χ2n) is 21.0. The Labute approximate surface area is 438 Å². The number of aliphatic hydroxyl groups excluding tert-OH is 1. The maximum atomic E-state index is 13.9. The van der Waals surface area contributed by atoms with Crippen LogP contribution in [0.4, 0.5) is 0 Å². The van der Waals surface area contributed by atoms with E-state index < -0.39 is 170 Å². The monoisotopic (exact) mass is 1070 g/mol. The molecule has 0 bridgehead atoms. The number of rotatable bonds is 34. The molecule has 1 heterocycles. The second-order valence-corrected chi connectivity index (χ2v) is 21.0. The molecular weight excluding hydrogens is 985 g/mol. The molecule has 1 fully saturated rings. The van der Waals surface area contributed by atoms with Crippen LogP contribution in [-0.2, 0) is 57.5 Å². The predicted molar refractivity (Wildman–Crippen MR) is 271 cm³/mol. The van der Waals surface area contributed by atoms with E-state index >= 15 is 0 Å². The van der Waals surface area contributed by atoms with E-state index in [1.165, 1.54) is 13.8 Å². The molecule has 26 heteroatoms. The molecule has 1 rings (SSSR count). The number of carbonyl (C=O) groups is 12. The standard InChI is InChI=1S/C49H84N10O16/c1-23(2)19-32(55-47(72)38(26(7)8)58-46(71)34(21-25(5)6)54-42(67)29-13-12-18-50-29)41(66)51-22-35(61)57-40(28(11)60)48(73)56-33(20-24(3)4)45(70)53-30(14-16-36(62)63)43(68)52-31(15-17-37(64)65)44(69)59-39(27(9)10)49(74)75/h23-34,38-40,50,60H,12-22H2,1-11H3,(H,51,66)(H,52,68)(H,53,70)(H,54,67)(H,55,72)(H,56,73)(H,57,61)(H,58,71)(H,59,69)(H,62,63)(H,64,65)(H,74,75)/t28-,29+,30+,31+,32+,33+,34+,38+,39+,40+/m1/s1. The van der Waals surface area contributed by atoms with Gasteiger partial charge in [0.15, 0.2) is 0 Å². The van der Waals surface area contributed by atoms with Crippen molar-refractivity contribution in [2.24, 2.45) is 29.6 Å². The second kappa shape index (κ2) is 32.8. The number of carbonyl (C=O) groups excluding carboxylic acids is 9. The van der Waals surface area contributed by atoms with Crippen molar-refractivity contribution in [2.75, 3.05) is 13.1 Å². The number of carboxylic acid groups (broad SMARTS) is 3. The minimum Gasteiger partial charge on any atom is -0.481 e. The van der Waals surface area contributed by atoms with Gasteiger partial charge in [-0.05, 0) is 88.0 Å². The van der Waals surface area contributed by atoms with E-state index in [1.807, 2.05) is 13.8 Å². The van der Waals surface area contributed by atoms with Gasteiger partial charge in [0.25, 0.3) is 0 Å². The van der Waals surface area contributed by atoms with E-state index in [4.69, 9.17) is 0 Å². The average molecular weight is 1070 g/mol. The summed E-state index contributed by atoms with van der Waals surface area (Å²) in [5, 5.41) is 64.3. The van der Waals surface area contributed by atoms with Gasteiger partial charge in [-0.25, -0.2) is 4.79 Å². The molecular formula is C49H84N10O16. The number of nitrogens with one attached hydrogen (secondary N) is 10. The van der Waals surface area contributed by atoms with Crippen molar-refractivity contribution in [1.29, 1.82) is 0 Å². The zero-order valence-electron chi connectivity index (χ0n) is 45.1. The minimum absolute atomic E-state index is 0.00960. The van der Waals surface area contributed by atoms with Crippen molar-refractivity contribution in [2.45, 2.75) is 194 Å². The Morgan fingerprint density at radius 3 is 1.25 bits per heavy atom. The summed E-state index contributed by atoms with van der Waals surface area (Å²) in [6, 6.07) is -11.7. The van der Waals surface area contributed by atoms with Gasteiger partial charge in [-0.2, -0.15) is 0 Å². The third-order valence-corrected chi connectivity index (χ3v) is 11.9. The number of carboxylic acids is 3. The van der Waals surface area contributed by atoms with Crippen LogP contribution in [0.3, 0.4) is 0 Å². The van der Waals surface area contributed by atoms with Gasteiger partial charge in [-0.1, -0.05) is 69.2 Å². The Morgan fingerprint density at radius 2 is 0.853 bits per heavy atom. The lowest BCUT2D eigenvalue weighted by Gasteiger charge is -2.29. The van der Waals surface area contributed by atoms with Crippen LogP contribution in [0.25, 0.3) is 0 Å². The molecule has 0 aromatic rings. The summed E-state index contributed by atoms with van der Waals surface area (Å²) in [5.74, 6) is -13.4. The Balaban J connectivity index is 3.24. The zero-order chi connectivity index (χ0) is 57.4. The number of aliphatic hydroxyl groups is 1. The SMILES string of the molecule is CC(C)C[C@H](NC(=O)[C@@H]1CCCN1)C(=O)N[C@H](C(=O)N[C@@H](CC(C)C)C(=O)NCC(=O)N[C@H](C(=O)N[C@@H](CC(C)C)C(=O)N[C@@H](CCC(=O)O)C(=O)N[C@@H](CCC(=O)O)C(=O)N[C@H](C(=O)O)C(C)C)[C@@H](C)O)C(C)C. The molecule has 426 valence electrons. The first kappa shape index (κ1) is 66.6. The highest BCUT2D eigenvalue weighted by molar-refractivity contribution is 5.98. The van der Waals surface area contributed by atoms with Crippen LogP contribution in [0.2, 0.25) is 0 Å². The first-order valence-electron chi connectivity index (χ1n) is 25.6.